The van der Waals surface area contributed by atoms with Crippen LogP contribution in [0.25, 0.3) is 0 Å². The Balaban J connectivity index is 1.41. The molecule has 0 aliphatic carbocycles. The van der Waals surface area contributed by atoms with Crippen LogP contribution in [-0.4, -0.2) is 19.8 Å². The number of halogens is 4. The second kappa shape index (κ2) is 12.7. The summed E-state index contributed by atoms with van der Waals surface area (Å²) in [5, 5.41) is 0.701. The van der Waals surface area contributed by atoms with Gasteiger partial charge in [-0.3, -0.25) is 0 Å². The standard InChI is InChI=1S/C24H20Cl4O4/c25-21-15-20(30-14-11-23(27)28)16-22(26)24(21)31-13-4-12-29-17-7-9-19(10-8-17)32-18-5-2-1-3-6-18/h1-3,5-11,15-16H,4,12-14H2. The SMILES string of the molecule is ClC(Cl)=CCOc1cc(Cl)c(OCCCOc2ccc(Oc3ccccc3)cc2)c(Cl)c1. The summed E-state index contributed by atoms with van der Waals surface area (Å²) >= 11 is 23.6. The van der Waals surface area contributed by atoms with Crippen molar-refractivity contribution in [3.63, 3.8) is 0 Å². The van der Waals surface area contributed by atoms with Gasteiger partial charge in [-0.05, 0) is 42.5 Å². The van der Waals surface area contributed by atoms with E-state index in [9.17, 15) is 0 Å². The van der Waals surface area contributed by atoms with Crippen LogP contribution in [0.2, 0.25) is 10.0 Å². The van der Waals surface area contributed by atoms with Gasteiger partial charge in [-0.25, -0.2) is 0 Å². The fraction of sp³-hybridized carbons (Fsp3) is 0.167. The van der Waals surface area contributed by atoms with E-state index in [-0.39, 0.29) is 11.1 Å². The number of ether oxygens (including phenoxy) is 4. The van der Waals surface area contributed by atoms with E-state index in [1.807, 2.05) is 54.6 Å². The summed E-state index contributed by atoms with van der Waals surface area (Å²) in [7, 11) is 0. The Labute approximate surface area is 207 Å². The topological polar surface area (TPSA) is 36.9 Å². The maximum atomic E-state index is 6.26. The molecule has 0 saturated heterocycles. The number of rotatable bonds is 11. The highest BCUT2D eigenvalue weighted by Crippen LogP contribution is 2.37. The van der Waals surface area contributed by atoms with Crippen molar-refractivity contribution in [1.82, 2.24) is 0 Å². The molecule has 0 fully saturated rings. The first-order chi connectivity index (χ1) is 15.5. The second-order valence-electron chi connectivity index (χ2n) is 6.46. The number of hydrogen-bond acceptors (Lipinski definition) is 4. The van der Waals surface area contributed by atoms with Crippen molar-refractivity contribution in [2.75, 3.05) is 19.8 Å². The summed E-state index contributed by atoms with van der Waals surface area (Å²) < 4.78 is 22.8. The minimum absolute atomic E-state index is 0.126. The number of benzene rings is 3. The molecule has 0 amide bonds. The molecule has 0 atom stereocenters. The summed E-state index contributed by atoms with van der Waals surface area (Å²) in [6.07, 6.45) is 2.16. The monoisotopic (exact) mass is 512 g/mol. The van der Waals surface area contributed by atoms with Crippen LogP contribution in [0.15, 0.2) is 77.3 Å². The van der Waals surface area contributed by atoms with Gasteiger partial charge in [0.2, 0.25) is 0 Å². The second-order valence-corrected chi connectivity index (χ2v) is 8.28. The summed E-state index contributed by atoms with van der Waals surface area (Å²) in [6, 6.07) is 20.3. The van der Waals surface area contributed by atoms with Crippen molar-refractivity contribution < 1.29 is 18.9 Å². The van der Waals surface area contributed by atoms with E-state index in [2.05, 4.69) is 0 Å². The highest BCUT2D eigenvalue weighted by atomic mass is 35.5. The molecule has 0 radical (unpaired) electrons. The van der Waals surface area contributed by atoms with Crippen LogP contribution >= 0.6 is 46.4 Å². The number of para-hydroxylation sites is 1. The van der Waals surface area contributed by atoms with Gasteiger partial charge in [-0.15, -0.1) is 0 Å². The summed E-state index contributed by atoms with van der Waals surface area (Å²) in [5.41, 5.74) is 0. The van der Waals surface area contributed by atoms with Crippen LogP contribution in [0.4, 0.5) is 0 Å². The van der Waals surface area contributed by atoms with E-state index >= 15 is 0 Å². The van der Waals surface area contributed by atoms with Crippen LogP contribution in [0.5, 0.6) is 28.7 Å². The molecule has 3 rings (SSSR count). The van der Waals surface area contributed by atoms with Crippen LogP contribution in [0.3, 0.4) is 0 Å². The van der Waals surface area contributed by atoms with Crippen molar-refractivity contribution in [3.05, 3.63) is 87.3 Å². The van der Waals surface area contributed by atoms with Gasteiger partial charge in [0.15, 0.2) is 5.75 Å². The van der Waals surface area contributed by atoms with Crippen molar-refractivity contribution >= 4 is 46.4 Å². The van der Waals surface area contributed by atoms with E-state index in [0.29, 0.717) is 41.2 Å². The fourth-order valence-corrected chi connectivity index (χ4v) is 3.31. The van der Waals surface area contributed by atoms with Gasteiger partial charge in [0.25, 0.3) is 0 Å². The first-order valence-corrected chi connectivity index (χ1v) is 11.2. The van der Waals surface area contributed by atoms with Crippen LogP contribution in [-0.2, 0) is 0 Å². The molecular weight excluding hydrogens is 494 g/mol. The van der Waals surface area contributed by atoms with Gasteiger partial charge < -0.3 is 18.9 Å². The predicted octanol–water partition coefficient (Wildman–Crippen LogP) is 8.33. The van der Waals surface area contributed by atoms with Crippen molar-refractivity contribution in [2.24, 2.45) is 0 Å². The van der Waals surface area contributed by atoms with Crippen LogP contribution in [0.1, 0.15) is 6.42 Å². The molecule has 4 nitrogen and oxygen atoms in total. The molecule has 0 aliphatic rings. The maximum absolute atomic E-state index is 6.26. The van der Waals surface area contributed by atoms with Gasteiger partial charge in [0, 0.05) is 18.6 Å². The molecule has 168 valence electrons. The highest BCUT2D eigenvalue weighted by molar-refractivity contribution is 6.55. The third kappa shape index (κ3) is 8.03. The normalized spacial score (nSPS) is 10.4. The molecule has 0 N–H and O–H groups in total. The van der Waals surface area contributed by atoms with Crippen LogP contribution in [0, 0.1) is 0 Å². The van der Waals surface area contributed by atoms with E-state index in [1.54, 1.807) is 12.1 Å². The highest BCUT2D eigenvalue weighted by Gasteiger charge is 2.11. The molecule has 32 heavy (non-hydrogen) atoms. The zero-order chi connectivity index (χ0) is 22.8. The fourth-order valence-electron chi connectivity index (χ4n) is 2.61. The minimum Gasteiger partial charge on any atom is -0.493 e. The largest absolute Gasteiger partial charge is 0.493 e. The Morgan fingerprint density at radius 2 is 1.28 bits per heavy atom. The van der Waals surface area contributed by atoms with E-state index in [0.717, 1.165) is 17.2 Å². The summed E-state index contributed by atoms with van der Waals surface area (Å²) in [4.78, 5) is 0. The Kier molecular flexibility index (Phi) is 9.69. The van der Waals surface area contributed by atoms with E-state index in [4.69, 9.17) is 65.4 Å². The molecule has 0 bridgehead atoms. The Hall–Kier alpha value is -2.24. The molecule has 8 heteroatoms. The lowest BCUT2D eigenvalue weighted by Crippen LogP contribution is -2.05. The Morgan fingerprint density at radius 3 is 1.94 bits per heavy atom. The molecule has 0 unspecified atom stereocenters. The molecule has 3 aromatic carbocycles. The third-order valence-corrected chi connectivity index (χ3v) is 4.94. The molecule has 0 heterocycles. The Bertz CT molecular complexity index is 997. The van der Waals surface area contributed by atoms with Gasteiger partial charge in [-0.2, -0.15) is 0 Å². The minimum atomic E-state index is 0.126. The molecule has 3 aromatic rings. The molecule has 0 spiro atoms. The van der Waals surface area contributed by atoms with Crippen molar-refractivity contribution in [1.29, 1.82) is 0 Å². The molecule has 0 aliphatic heterocycles. The van der Waals surface area contributed by atoms with Crippen molar-refractivity contribution in [3.8, 4) is 28.7 Å². The molecule has 0 aromatic heterocycles. The number of hydrogen-bond donors (Lipinski definition) is 0. The summed E-state index contributed by atoms with van der Waals surface area (Å²) in [5.74, 6) is 3.15. The molecular formula is C24H20Cl4O4. The Morgan fingerprint density at radius 1 is 0.688 bits per heavy atom. The average molecular weight is 514 g/mol. The van der Waals surface area contributed by atoms with Gasteiger partial charge >= 0.3 is 0 Å². The first-order valence-electron chi connectivity index (χ1n) is 9.73. The van der Waals surface area contributed by atoms with E-state index < -0.39 is 0 Å². The lowest BCUT2D eigenvalue weighted by atomic mass is 10.3. The van der Waals surface area contributed by atoms with Crippen molar-refractivity contribution in [2.45, 2.75) is 6.42 Å². The zero-order valence-electron chi connectivity index (χ0n) is 16.9. The predicted molar refractivity (Wildman–Crippen MR) is 130 cm³/mol. The smallest absolute Gasteiger partial charge is 0.156 e. The van der Waals surface area contributed by atoms with Gasteiger partial charge in [0.05, 0.1) is 23.3 Å². The quantitative estimate of drug-likeness (QED) is 0.241. The lowest BCUT2D eigenvalue weighted by molar-refractivity contribution is 0.247. The van der Waals surface area contributed by atoms with E-state index in [1.165, 1.54) is 6.08 Å². The first kappa shape index (κ1) is 24.4. The molecule has 0 saturated carbocycles. The average Bonchev–Trinajstić information content (AvgIpc) is 2.77. The summed E-state index contributed by atoms with van der Waals surface area (Å²) in [6.45, 7) is 1.06. The lowest BCUT2D eigenvalue weighted by Gasteiger charge is -2.13. The zero-order valence-corrected chi connectivity index (χ0v) is 19.9. The van der Waals surface area contributed by atoms with Crippen LogP contribution < -0.4 is 18.9 Å². The third-order valence-electron chi connectivity index (χ3n) is 4.07. The maximum Gasteiger partial charge on any atom is 0.156 e. The van der Waals surface area contributed by atoms with Gasteiger partial charge in [0.1, 0.15) is 34.1 Å². The van der Waals surface area contributed by atoms with Gasteiger partial charge in [-0.1, -0.05) is 64.6 Å².